The van der Waals surface area contributed by atoms with Gasteiger partial charge in [0.25, 0.3) is 0 Å². The van der Waals surface area contributed by atoms with Crippen molar-refractivity contribution >= 4 is 49.9 Å². The minimum absolute atomic E-state index is 0.273. The number of nitrogens with one attached hydrogen (secondary N) is 1. The molecule has 192 valence electrons. The smallest absolute Gasteiger partial charge is 0.211 e. The number of fused-ring (bicyclic) bond motifs is 1. The molecule has 4 aromatic rings. The third kappa shape index (κ3) is 4.21. The Morgan fingerprint density at radius 3 is 2.49 bits per heavy atom. The number of aromatic amines is 1. The largest absolute Gasteiger partial charge is 0.486 e. The molecule has 1 spiro atoms. The van der Waals surface area contributed by atoms with E-state index in [2.05, 4.69) is 25.1 Å². The molecule has 2 fully saturated rings. The Labute approximate surface area is 224 Å². The number of ether oxygens (including phenoxy) is 1. The van der Waals surface area contributed by atoms with Gasteiger partial charge in [-0.1, -0.05) is 23.2 Å². The second-order valence-electron chi connectivity index (χ2n) is 9.63. The zero-order valence-electron chi connectivity index (χ0n) is 20.1. The molecular formula is C25H24Cl2N6O3S. The molecule has 2 saturated heterocycles. The van der Waals surface area contributed by atoms with E-state index in [0.29, 0.717) is 41.0 Å². The van der Waals surface area contributed by atoms with Crippen molar-refractivity contribution < 1.29 is 13.2 Å². The molecule has 12 heteroatoms. The highest BCUT2D eigenvalue weighted by atomic mass is 35.5. The van der Waals surface area contributed by atoms with Gasteiger partial charge in [0.1, 0.15) is 23.4 Å². The normalized spacial score (nSPS) is 18.0. The van der Waals surface area contributed by atoms with E-state index in [1.165, 1.54) is 6.26 Å². The summed E-state index contributed by atoms with van der Waals surface area (Å²) >= 11 is 12.6. The first-order valence-corrected chi connectivity index (χ1v) is 14.4. The molecule has 2 aliphatic heterocycles. The average Bonchev–Trinajstić information content (AvgIpc) is 3.20. The maximum Gasteiger partial charge on any atom is 0.211 e. The lowest BCUT2D eigenvalue weighted by atomic mass is 9.80. The van der Waals surface area contributed by atoms with Crippen LogP contribution in [0.3, 0.4) is 0 Å². The van der Waals surface area contributed by atoms with Crippen LogP contribution < -0.4 is 9.64 Å². The average molecular weight is 559 g/mol. The van der Waals surface area contributed by atoms with E-state index in [-0.39, 0.29) is 11.6 Å². The number of H-pyrrole nitrogens is 1. The molecule has 1 aromatic carbocycles. The molecule has 0 radical (unpaired) electrons. The minimum atomic E-state index is -3.18. The first kappa shape index (κ1) is 24.4. The van der Waals surface area contributed by atoms with E-state index in [1.807, 2.05) is 37.3 Å². The molecule has 3 aromatic heterocycles. The van der Waals surface area contributed by atoms with Crippen LogP contribution in [0.4, 0.5) is 5.82 Å². The van der Waals surface area contributed by atoms with Crippen molar-refractivity contribution in [2.45, 2.75) is 25.0 Å². The second kappa shape index (κ2) is 8.83. The van der Waals surface area contributed by atoms with Crippen LogP contribution in [-0.2, 0) is 10.0 Å². The van der Waals surface area contributed by atoms with Crippen LogP contribution in [0.1, 0.15) is 25.0 Å². The summed E-state index contributed by atoms with van der Waals surface area (Å²) in [6.07, 6.45) is 6.66. The van der Waals surface area contributed by atoms with Crippen LogP contribution in [0.15, 0.2) is 48.9 Å². The second-order valence-corrected chi connectivity index (χ2v) is 12.3. The fraction of sp³-hybridized carbons (Fsp3) is 0.320. The zero-order chi connectivity index (χ0) is 25.9. The first-order chi connectivity index (χ1) is 17.6. The van der Waals surface area contributed by atoms with E-state index in [9.17, 15) is 8.42 Å². The number of nitrogens with zero attached hydrogens (tertiary/aromatic N) is 5. The fourth-order valence-corrected chi connectivity index (χ4v) is 7.26. The highest BCUT2D eigenvalue weighted by Gasteiger charge is 2.57. The third-order valence-corrected chi connectivity index (χ3v) is 9.14. The van der Waals surface area contributed by atoms with Crippen LogP contribution in [0.2, 0.25) is 10.0 Å². The predicted molar refractivity (Wildman–Crippen MR) is 144 cm³/mol. The summed E-state index contributed by atoms with van der Waals surface area (Å²) in [7, 11) is -3.18. The summed E-state index contributed by atoms with van der Waals surface area (Å²) in [4.78, 5) is 10.7. The molecule has 1 atom stereocenters. The lowest BCUT2D eigenvalue weighted by Gasteiger charge is -2.61. The molecule has 0 aliphatic carbocycles. The zero-order valence-corrected chi connectivity index (χ0v) is 22.5. The standard InChI is InChI=1S/C25H24Cl2N6O3S/c1-15(23-19(26)11-28-12-20(23)27)36-17-4-5-21-18(9-17)24(31-30-21)16-3-6-22(29-10-16)32-13-25(14-32)7-8-33(25)37(2,34)35/h3-6,9-12,15H,7-8,13-14H2,1-2H3,(H,30,31). The topological polar surface area (TPSA) is 104 Å². The number of rotatable bonds is 6. The Bertz CT molecular complexity index is 1580. The van der Waals surface area contributed by atoms with E-state index in [4.69, 9.17) is 27.9 Å². The van der Waals surface area contributed by atoms with E-state index in [1.54, 1.807) is 22.9 Å². The Hall–Kier alpha value is -2.92. The maximum absolute atomic E-state index is 12.0. The lowest BCUT2D eigenvalue weighted by molar-refractivity contribution is 0.0421. The Balaban J connectivity index is 1.20. The van der Waals surface area contributed by atoms with Gasteiger partial charge in [-0.2, -0.15) is 9.40 Å². The summed E-state index contributed by atoms with van der Waals surface area (Å²) in [5.74, 6) is 1.47. The molecule has 5 heterocycles. The summed E-state index contributed by atoms with van der Waals surface area (Å²) < 4.78 is 31.8. The van der Waals surface area contributed by atoms with Gasteiger partial charge in [-0.3, -0.25) is 10.1 Å². The molecule has 9 nitrogen and oxygen atoms in total. The Kier molecular flexibility index (Phi) is 5.83. The summed E-state index contributed by atoms with van der Waals surface area (Å²) in [5.41, 5.74) is 2.89. The highest BCUT2D eigenvalue weighted by Crippen LogP contribution is 2.42. The van der Waals surface area contributed by atoms with E-state index in [0.717, 1.165) is 34.4 Å². The van der Waals surface area contributed by atoms with Crippen LogP contribution >= 0.6 is 23.2 Å². The van der Waals surface area contributed by atoms with Gasteiger partial charge in [0.2, 0.25) is 10.0 Å². The number of anilines is 1. The molecule has 0 bridgehead atoms. The van der Waals surface area contributed by atoms with E-state index < -0.39 is 10.0 Å². The molecular weight excluding hydrogens is 535 g/mol. The number of halogens is 2. The van der Waals surface area contributed by atoms with Gasteiger partial charge in [-0.25, -0.2) is 13.4 Å². The molecule has 1 unspecified atom stereocenters. The SMILES string of the molecule is CC(Oc1ccc2[nH]nc(-c3ccc(N4CC5(CCN5S(C)(=O)=O)C4)nc3)c2c1)c1c(Cl)cncc1Cl. The number of pyridine rings is 2. The fourth-order valence-electron chi connectivity index (χ4n) is 5.25. The van der Waals surface area contributed by atoms with Gasteiger partial charge >= 0.3 is 0 Å². The Morgan fingerprint density at radius 1 is 1.11 bits per heavy atom. The summed E-state index contributed by atoms with van der Waals surface area (Å²) in [6, 6.07) is 9.63. The molecule has 0 saturated carbocycles. The van der Waals surface area contributed by atoms with Crippen molar-refractivity contribution in [1.29, 1.82) is 0 Å². The maximum atomic E-state index is 12.0. The van der Waals surface area contributed by atoms with Crippen molar-refractivity contribution in [3.05, 3.63) is 64.5 Å². The lowest BCUT2D eigenvalue weighted by Crippen LogP contribution is -2.77. The van der Waals surface area contributed by atoms with Gasteiger partial charge in [-0.15, -0.1) is 0 Å². The number of hydrogen-bond donors (Lipinski definition) is 1. The quantitative estimate of drug-likeness (QED) is 0.366. The van der Waals surface area contributed by atoms with Crippen LogP contribution in [0.5, 0.6) is 5.75 Å². The van der Waals surface area contributed by atoms with Crippen molar-refractivity contribution in [2.75, 3.05) is 30.8 Å². The van der Waals surface area contributed by atoms with Crippen molar-refractivity contribution in [3.8, 4) is 17.0 Å². The van der Waals surface area contributed by atoms with Crippen molar-refractivity contribution in [2.24, 2.45) is 0 Å². The number of sulfonamides is 1. The van der Waals surface area contributed by atoms with Crippen molar-refractivity contribution in [3.63, 3.8) is 0 Å². The summed E-state index contributed by atoms with van der Waals surface area (Å²) in [5, 5.41) is 9.37. The van der Waals surface area contributed by atoms with Crippen LogP contribution in [0, 0.1) is 0 Å². The van der Waals surface area contributed by atoms with Gasteiger partial charge in [-0.05, 0) is 43.7 Å². The molecule has 6 rings (SSSR count). The number of aromatic nitrogens is 4. The van der Waals surface area contributed by atoms with Gasteiger partial charge < -0.3 is 9.64 Å². The van der Waals surface area contributed by atoms with Gasteiger partial charge in [0, 0.05) is 54.7 Å². The molecule has 2 aliphatic rings. The molecule has 0 amide bonds. The Morgan fingerprint density at radius 2 is 1.86 bits per heavy atom. The van der Waals surface area contributed by atoms with Crippen LogP contribution in [-0.4, -0.2) is 64.3 Å². The molecule has 1 N–H and O–H groups in total. The van der Waals surface area contributed by atoms with E-state index >= 15 is 0 Å². The molecule has 37 heavy (non-hydrogen) atoms. The first-order valence-electron chi connectivity index (χ1n) is 11.8. The number of hydrogen-bond acceptors (Lipinski definition) is 7. The van der Waals surface area contributed by atoms with Crippen molar-refractivity contribution in [1.82, 2.24) is 24.5 Å². The number of benzene rings is 1. The predicted octanol–water partition coefficient (Wildman–Crippen LogP) is 4.69. The minimum Gasteiger partial charge on any atom is -0.486 e. The highest BCUT2D eigenvalue weighted by molar-refractivity contribution is 7.88. The summed E-state index contributed by atoms with van der Waals surface area (Å²) in [6.45, 7) is 3.79. The third-order valence-electron chi connectivity index (χ3n) is 7.17. The van der Waals surface area contributed by atoms with Gasteiger partial charge in [0.15, 0.2) is 0 Å². The van der Waals surface area contributed by atoms with Gasteiger partial charge in [0.05, 0.1) is 27.4 Å². The van der Waals surface area contributed by atoms with Crippen LogP contribution in [0.25, 0.3) is 22.2 Å². The monoisotopic (exact) mass is 558 g/mol.